The highest BCUT2D eigenvalue weighted by Gasteiger charge is 2.37. The predicted octanol–water partition coefficient (Wildman–Crippen LogP) is 3.69. The zero-order chi connectivity index (χ0) is 22.5. The van der Waals surface area contributed by atoms with Crippen LogP contribution in [-0.4, -0.2) is 30.6 Å². The Kier molecular flexibility index (Phi) is 4.60. The van der Waals surface area contributed by atoms with Crippen molar-refractivity contribution in [2.45, 2.75) is 43.9 Å². The van der Waals surface area contributed by atoms with Gasteiger partial charge >= 0.3 is 5.69 Å². The van der Waals surface area contributed by atoms with E-state index >= 15 is 0 Å². The molecule has 168 valence electrons. The Labute approximate surface area is 186 Å². The van der Waals surface area contributed by atoms with Crippen LogP contribution in [0.5, 0.6) is 5.75 Å². The van der Waals surface area contributed by atoms with Crippen molar-refractivity contribution in [2.75, 3.05) is 0 Å². The first kappa shape index (κ1) is 19.8. The third-order valence-corrected chi connectivity index (χ3v) is 6.29. The van der Waals surface area contributed by atoms with Crippen molar-refractivity contribution in [1.82, 2.24) is 24.5 Å². The van der Waals surface area contributed by atoms with Crippen molar-refractivity contribution in [3.8, 4) is 17.2 Å². The van der Waals surface area contributed by atoms with Crippen LogP contribution in [0.25, 0.3) is 11.5 Å². The molecule has 10 heteroatoms. The van der Waals surface area contributed by atoms with Gasteiger partial charge in [0.15, 0.2) is 0 Å². The lowest BCUT2D eigenvalue weighted by Gasteiger charge is -2.34. The second kappa shape index (κ2) is 7.65. The Morgan fingerprint density at radius 3 is 2.67 bits per heavy atom. The van der Waals surface area contributed by atoms with Gasteiger partial charge in [0.2, 0.25) is 12.3 Å². The maximum atomic E-state index is 13.7. The quantitative estimate of drug-likeness (QED) is 0.460. The molecule has 1 aliphatic heterocycles. The fourth-order valence-corrected chi connectivity index (χ4v) is 4.66. The summed E-state index contributed by atoms with van der Waals surface area (Å²) in [5, 5.41) is 12.1. The van der Waals surface area contributed by atoms with E-state index in [2.05, 4.69) is 15.3 Å². The number of aryl methyl sites for hydroxylation is 1. The van der Waals surface area contributed by atoms with Crippen LogP contribution < -0.4 is 10.4 Å². The van der Waals surface area contributed by atoms with Crippen molar-refractivity contribution in [2.24, 2.45) is 0 Å². The van der Waals surface area contributed by atoms with Crippen molar-refractivity contribution < 1.29 is 17.9 Å². The summed E-state index contributed by atoms with van der Waals surface area (Å²) < 4.78 is 41.7. The summed E-state index contributed by atoms with van der Waals surface area (Å²) in [5.74, 6) is 0.439. The van der Waals surface area contributed by atoms with Crippen molar-refractivity contribution in [1.29, 1.82) is 0 Å². The molecule has 2 aromatic heterocycles. The molecule has 3 heterocycles. The van der Waals surface area contributed by atoms with E-state index in [4.69, 9.17) is 9.15 Å². The fourth-order valence-electron chi connectivity index (χ4n) is 4.66. The van der Waals surface area contributed by atoms with Gasteiger partial charge in [-0.2, -0.15) is 5.10 Å². The number of benzene rings is 2. The summed E-state index contributed by atoms with van der Waals surface area (Å²) in [6, 6.07) is 10.3. The monoisotopic (exact) mass is 451 g/mol. The highest BCUT2D eigenvalue weighted by Crippen LogP contribution is 2.36. The summed E-state index contributed by atoms with van der Waals surface area (Å²) in [6.07, 6.45) is 3.67. The van der Waals surface area contributed by atoms with Gasteiger partial charge in [-0.05, 0) is 42.3 Å². The number of halogens is 2. The number of aromatic nitrogens is 5. The van der Waals surface area contributed by atoms with Crippen molar-refractivity contribution in [3.63, 3.8) is 0 Å². The Morgan fingerprint density at radius 2 is 1.91 bits per heavy atom. The number of hydrogen-bond donors (Lipinski definition) is 0. The third kappa shape index (κ3) is 3.51. The Morgan fingerprint density at radius 1 is 1.09 bits per heavy atom. The van der Waals surface area contributed by atoms with Gasteiger partial charge in [-0.3, -0.25) is 4.57 Å². The van der Waals surface area contributed by atoms with E-state index in [0.29, 0.717) is 48.7 Å². The van der Waals surface area contributed by atoms with Gasteiger partial charge in [-0.15, -0.1) is 10.2 Å². The summed E-state index contributed by atoms with van der Waals surface area (Å²) in [6.45, 7) is 0. The molecule has 0 amide bonds. The van der Waals surface area contributed by atoms with Gasteiger partial charge < -0.3 is 9.15 Å². The highest BCUT2D eigenvalue weighted by atomic mass is 19.1. The van der Waals surface area contributed by atoms with Gasteiger partial charge in [0.05, 0.1) is 12.1 Å². The zero-order valence-corrected chi connectivity index (χ0v) is 17.4. The van der Waals surface area contributed by atoms with E-state index in [1.807, 2.05) is 24.3 Å². The first-order valence-corrected chi connectivity index (χ1v) is 10.7. The average molecular weight is 451 g/mol. The molecule has 0 unspecified atom stereocenters. The molecule has 8 nitrogen and oxygen atoms in total. The molecular weight excluding hydrogens is 432 g/mol. The van der Waals surface area contributed by atoms with Crippen LogP contribution in [0.4, 0.5) is 8.78 Å². The molecule has 1 fully saturated rings. The minimum atomic E-state index is -0.652. The summed E-state index contributed by atoms with van der Waals surface area (Å²) in [7, 11) is 0. The van der Waals surface area contributed by atoms with E-state index in [1.54, 1.807) is 4.57 Å². The lowest BCUT2D eigenvalue weighted by atomic mass is 9.89. The van der Waals surface area contributed by atoms with Crippen LogP contribution in [0.2, 0.25) is 0 Å². The second-order valence-electron chi connectivity index (χ2n) is 8.41. The smallest absolute Gasteiger partial charge is 0.346 e. The molecular formula is C23H19F2N5O3. The third-order valence-electron chi connectivity index (χ3n) is 6.29. The van der Waals surface area contributed by atoms with Crippen molar-refractivity contribution in [3.05, 3.63) is 82.4 Å². The van der Waals surface area contributed by atoms with E-state index in [-0.39, 0.29) is 17.8 Å². The van der Waals surface area contributed by atoms with Crippen LogP contribution in [0.3, 0.4) is 0 Å². The predicted molar refractivity (Wildman–Crippen MR) is 112 cm³/mol. The highest BCUT2D eigenvalue weighted by molar-refractivity contribution is 5.55. The van der Waals surface area contributed by atoms with Gasteiger partial charge in [0.1, 0.15) is 29.3 Å². The van der Waals surface area contributed by atoms with Crippen LogP contribution in [-0.2, 0) is 6.42 Å². The molecule has 1 atom stereocenters. The molecule has 0 saturated heterocycles. The Balaban J connectivity index is 1.17. The molecule has 33 heavy (non-hydrogen) atoms. The largest absolute Gasteiger partial charge is 0.490 e. The van der Waals surface area contributed by atoms with E-state index in [9.17, 15) is 13.6 Å². The number of ether oxygens (including phenoxy) is 1. The van der Waals surface area contributed by atoms with E-state index in [0.717, 1.165) is 11.6 Å². The minimum absolute atomic E-state index is 0.0514. The zero-order valence-electron chi connectivity index (χ0n) is 17.4. The molecule has 0 bridgehead atoms. The first-order chi connectivity index (χ1) is 16.0. The van der Waals surface area contributed by atoms with E-state index < -0.39 is 17.7 Å². The Bertz CT molecular complexity index is 1360. The molecule has 1 aliphatic carbocycles. The maximum Gasteiger partial charge on any atom is 0.346 e. The number of rotatable bonds is 5. The molecule has 6 rings (SSSR count). The van der Waals surface area contributed by atoms with Crippen LogP contribution in [0.1, 0.15) is 42.7 Å². The lowest BCUT2D eigenvalue weighted by Crippen LogP contribution is -2.41. The molecule has 2 aliphatic rings. The van der Waals surface area contributed by atoms with Crippen LogP contribution in [0, 0.1) is 11.6 Å². The van der Waals surface area contributed by atoms with Crippen LogP contribution in [0.15, 0.2) is 58.1 Å². The first-order valence-electron chi connectivity index (χ1n) is 10.7. The lowest BCUT2D eigenvalue weighted by molar-refractivity contribution is 0.0623. The molecule has 4 aromatic rings. The summed E-state index contributed by atoms with van der Waals surface area (Å²) in [4.78, 5) is 13.1. The van der Waals surface area contributed by atoms with Gasteiger partial charge in [-0.1, -0.05) is 6.07 Å². The standard InChI is InChI=1S/C23H19F2N5O3/c24-15-6-14(7-16(25)9-15)20-4-5-21-28-30(23(31)29(20)21)17-10-19(11-17)33-18-3-1-2-13(8-18)22-27-26-12-32-22/h1-3,6-9,12,17,19-20H,4-5,10-11H2/t17?,19?,20-/m0/s1. The number of fused-ring (bicyclic) bond motifs is 1. The normalized spacial score (nSPS) is 21.6. The number of nitrogens with zero attached hydrogens (tertiary/aromatic N) is 5. The van der Waals surface area contributed by atoms with Gasteiger partial charge in [-0.25, -0.2) is 18.3 Å². The van der Waals surface area contributed by atoms with Gasteiger partial charge in [0, 0.05) is 30.9 Å². The molecule has 0 spiro atoms. The maximum absolute atomic E-state index is 13.7. The topological polar surface area (TPSA) is 88.0 Å². The Hall–Kier alpha value is -3.82. The second-order valence-corrected chi connectivity index (χ2v) is 8.41. The molecule has 0 N–H and O–H groups in total. The SMILES string of the molecule is O=c1n(C2CC(Oc3cccc(-c4nnco4)c3)C2)nc2n1[C@H](c1cc(F)cc(F)c1)CC2. The fraction of sp³-hybridized carbons (Fsp3) is 0.304. The van der Waals surface area contributed by atoms with Gasteiger partial charge in [0.25, 0.3) is 0 Å². The summed E-state index contributed by atoms with van der Waals surface area (Å²) >= 11 is 0. The van der Waals surface area contributed by atoms with Crippen molar-refractivity contribution >= 4 is 0 Å². The minimum Gasteiger partial charge on any atom is -0.490 e. The van der Waals surface area contributed by atoms with Crippen LogP contribution >= 0.6 is 0 Å². The molecule has 2 aromatic carbocycles. The number of hydrogen-bond acceptors (Lipinski definition) is 6. The molecule has 0 radical (unpaired) electrons. The summed E-state index contributed by atoms with van der Waals surface area (Å²) in [5.41, 5.74) is 0.963. The molecule has 1 saturated carbocycles. The average Bonchev–Trinajstić information content (AvgIpc) is 3.49. The van der Waals surface area contributed by atoms with E-state index in [1.165, 1.54) is 23.2 Å².